The number of rotatable bonds is 3. The lowest BCUT2D eigenvalue weighted by molar-refractivity contribution is -0.122. The van der Waals surface area contributed by atoms with Crippen LogP contribution in [0.25, 0.3) is 0 Å². The number of aryl methyl sites for hydroxylation is 4. The Hall–Kier alpha value is -2.21. The lowest BCUT2D eigenvalue weighted by Crippen LogP contribution is -2.28. The molecule has 1 aliphatic heterocycles. The summed E-state index contributed by atoms with van der Waals surface area (Å²) >= 11 is 1.58. The van der Waals surface area contributed by atoms with Crippen LogP contribution in [0.4, 0.5) is 10.8 Å². The lowest BCUT2D eigenvalue weighted by Gasteiger charge is -2.17. The number of anilines is 2. The molecule has 1 atom stereocenters. The van der Waals surface area contributed by atoms with Crippen LogP contribution < -0.4 is 10.2 Å². The summed E-state index contributed by atoms with van der Waals surface area (Å²) in [6, 6.07) is 5.99. The smallest absolute Gasteiger partial charge is 0.231 e. The topological polar surface area (TPSA) is 62.3 Å². The fraction of sp³-hybridized carbons (Fsp3) is 0.450. The van der Waals surface area contributed by atoms with E-state index in [0.717, 1.165) is 29.8 Å². The van der Waals surface area contributed by atoms with Gasteiger partial charge in [-0.3, -0.25) is 9.59 Å². The molecule has 4 rings (SSSR count). The Morgan fingerprint density at radius 3 is 2.81 bits per heavy atom. The van der Waals surface area contributed by atoms with Crippen molar-refractivity contribution in [1.82, 2.24) is 4.98 Å². The maximum Gasteiger partial charge on any atom is 0.231 e. The number of hydrogen-bond acceptors (Lipinski definition) is 4. The van der Waals surface area contributed by atoms with Crippen molar-refractivity contribution in [2.24, 2.45) is 5.92 Å². The highest BCUT2D eigenvalue weighted by atomic mass is 32.1. The second-order valence-corrected chi connectivity index (χ2v) is 8.34. The van der Waals surface area contributed by atoms with E-state index in [1.165, 1.54) is 23.3 Å². The molecule has 1 aromatic carbocycles. The average molecular weight is 369 g/mol. The molecule has 1 fully saturated rings. The van der Waals surface area contributed by atoms with E-state index in [0.29, 0.717) is 11.7 Å². The maximum atomic E-state index is 12.6. The monoisotopic (exact) mass is 369 g/mol. The SMILES string of the molecule is Cc1ccc(N2C[C@H](C(=O)Nc3nc4c(s3)CCCC4)CC2=O)cc1C. The van der Waals surface area contributed by atoms with E-state index >= 15 is 0 Å². The van der Waals surface area contributed by atoms with Crippen molar-refractivity contribution < 1.29 is 9.59 Å². The Morgan fingerprint density at radius 2 is 2.04 bits per heavy atom. The van der Waals surface area contributed by atoms with Crippen LogP contribution in [0.5, 0.6) is 0 Å². The number of thiazole rings is 1. The van der Waals surface area contributed by atoms with Crippen molar-refractivity contribution in [3.63, 3.8) is 0 Å². The largest absolute Gasteiger partial charge is 0.312 e. The minimum atomic E-state index is -0.329. The molecule has 2 aliphatic rings. The summed E-state index contributed by atoms with van der Waals surface area (Å²) in [7, 11) is 0. The normalized spacial score (nSPS) is 19.5. The van der Waals surface area contributed by atoms with Crippen LogP contribution in [0, 0.1) is 19.8 Å². The summed E-state index contributed by atoms with van der Waals surface area (Å²) in [4.78, 5) is 32.7. The molecular weight excluding hydrogens is 346 g/mol. The van der Waals surface area contributed by atoms with Gasteiger partial charge in [-0.15, -0.1) is 11.3 Å². The van der Waals surface area contributed by atoms with Crippen LogP contribution in [0.15, 0.2) is 18.2 Å². The molecule has 1 aliphatic carbocycles. The van der Waals surface area contributed by atoms with Crippen molar-refractivity contribution in [2.45, 2.75) is 46.0 Å². The van der Waals surface area contributed by atoms with E-state index in [-0.39, 0.29) is 24.2 Å². The Balaban J connectivity index is 1.45. The fourth-order valence-electron chi connectivity index (χ4n) is 3.64. The molecule has 0 radical (unpaired) electrons. The lowest BCUT2D eigenvalue weighted by atomic mass is 10.0. The van der Waals surface area contributed by atoms with Gasteiger partial charge in [-0.2, -0.15) is 0 Å². The minimum Gasteiger partial charge on any atom is -0.312 e. The Morgan fingerprint density at radius 1 is 1.23 bits per heavy atom. The zero-order chi connectivity index (χ0) is 18.3. The van der Waals surface area contributed by atoms with Crippen molar-refractivity contribution in [3.05, 3.63) is 39.9 Å². The van der Waals surface area contributed by atoms with E-state index in [1.807, 2.05) is 25.1 Å². The van der Waals surface area contributed by atoms with Crippen LogP contribution >= 0.6 is 11.3 Å². The molecule has 2 aromatic rings. The number of nitrogens with one attached hydrogen (secondary N) is 1. The summed E-state index contributed by atoms with van der Waals surface area (Å²) in [6.45, 7) is 4.51. The molecule has 2 heterocycles. The third-order valence-electron chi connectivity index (χ3n) is 5.37. The number of fused-ring (bicyclic) bond motifs is 1. The first kappa shape index (κ1) is 17.2. The fourth-order valence-corrected chi connectivity index (χ4v) is 4.69. The van der Waals surface area contributed by atoms with Gasteiger partial charge >= 0.3 is 0 Å². The number of nitrogens with zero attached hydrogens (tertiary/aromatic N) is 2. The first-order valence-electron chi connectivity index (χ1n) is 9.18. The van der Waals surface area contributed by atoms with Gasteiger partial charge in [0.05, 0.1) is 11.6 Å². The van der Waals surface area contributed by atoms with Gasteiger partial charge in [0.2, 0.25) is 11.8 Å². The second-order valence-electron chi connectivity index (χ2n) is 7.26. The van der Waals surface area contributed by atoms with Gasteiger partial charge in [0, 0.05) is 23.5 Å². The predicted molar refractivity (Wildman–Crippen MR) is 104 cm³/mol. The molecule has 136 valence electrons. The van der Waals surface area contributed by atoms with Gasteiger partial charge in [0.15, 0.2) is 5.13 Å². The third-order valence-corrected chi connectivity index (χ3v) is 6.45. The summed E-state index contributed by atoms with van der Waals surface area (Å²) in [5.41, 5.74) is 4.35. The molecule has 2 amide bonds. The van der Waals surface area contributed by atoms with E-state index in [9.17, 15) is 9.59 Å². The third kappa shape index (κ3) is 3.26. The molecule has 0 saturated carbocycles. The highest BCUT2D eigenvalue weighted by molar-refractivity contribution is 7.15. The number of carbonyl (C=O) groups is 2. The summed E-state index contributed by atoms with van der Waals surface area (Å²) in [5, 5.41) is 3.62. The zero-order valence-electron chi connectivity index (χ0n) is 15.2. The highest BCUT2D eigenvalue weighted by Gasteiger charge is 2.35. The molecule has 5 nitrogen and oxygen atoms in total. The second kappa shape index (κ2) is 6.83. The number of hydrogen-bond donors (Lipinski definition) is 1. The molecule has 1 aromatic heterocycles. The summed E-state index contributed by atoms with van der Waals surface area (Å²) in [5.74, 6) is -0.423. The quantitative estimate of drug-likeness (QED) is 0.899. The van der Waals surface area contributed by atoms with Crippen molar-refractivity contribution in [2.75, 3.05) is 16.8 Å². The average Bonchev–Trinajstić information content (AvgIpc) is 3.20. The summed E-state index contributed by atoms with van der Waals surface area (Å²) < 4.78 is 0. The molecule has 1 saturated heterocycles. The van der Waals surface area contributed by atoms with Crippen molar-refractivity contribution in [3.8, 4) is 0 Å². The van der Waals surface area contributed by atoms with Crippen molar-refractivity contribution in [1.29, 1.82) is 0 Å². The molecule has 0 unspecified atom stereocenters. The van der Waals surface area contributed by atoms with Gasteiger partial charge in [-0.1, -0.05) is 6.07 Å². The van der Waals surface area contributed by atoms with E-state index in [2.05, 4.69) is 17.2 Å². The Labute approximate surface area is 157 Å². The maximum absolute atomic E-state index is 12.6. The highest BCUT2D eigenvalue weighted by Crippen LogP contribution is 2.31. The molecular formula is C20H23N3O2S. The molecule has 0 spiro atoms. The molecule has 26 heavy (non-hydrogen) atoms. The van der Waals surface area contributed by atoms with Gasteiger partial charge in [-0.25, -0.2) is 4.98 Å². The standard InChI is InChI=1S/C20H23N3O2S/c1-12-7-8-15(9-13(12)2)23-11-14(10-18(23)24)19(25)22-20-21-16-5-3-4-6-17(16)26-20/h7-9,14H,3-6,10-11H2,1-2H3,(H,21,22,25)/t14-/m1/s1. The van der Waals surface area contributed by atoms with E-state index in [4.69, 9.17) is 0 Å². The molecule has 0 bridgehead atoms. The van der Waals surface area contributed by atoms with Crippen LogP contribution in [0.2, 0.25) is 0 Å². The van der Waals surface area contributed by atoms with E-state index < -0.39 is 0 Å². The van der Waals surface area contributed by atoms with Crippen LogP contribution in [0.1, 0.15) is 41.0 Å². The van der Waals surface area contributed by atoms with Crippen LogP contribution in [-0.4, -0.2) is 23.3 Å². The first-order valence-corrected chi connectivity index (χ1v) is 10.00. The van der Waals surface area contributed by atoms with Gasteiger partial charge < -0.3 is 10.2 Å². The zero-order valence-corrected chi connectivity index (χ0v) is 16.0. The minimum absolute atomic E-state index is 0.00633. The molecule has 6 heteroatoms. The number of amides is 2. The van der Waals surface area contributed by atoms with Crippen LogP contribution in [0.3, 0.4) is 0 Å². The molecule has 1 N–H and O–H groups in total. The first-order chi connectivity index (χ1) is 12.5. The van der Waals surface area contributed by atoms with Gasteiger partial charge in [0.1, 0.15) is 0 Å². The van der Waals surface area contributed by atoms with Crippen LogP contribution in [-0.2, 0) is 22.4 Å². The number of aromatic nitrogens is 1. The number of carbonyl (C=O) groups excluding carboxylic acids is 2. The van der Waals surface area contributed by atoms with Crippen molar-refractivity contribution >= 4 is 34.0 Å². The van der Waals surface area contributed by atoms with E-state index in [1.54, 1.807) is 16.2 Å². The Kier molecular flexibility index (Phi) is 4.53. The Bertz CT molecular complexity index is 850. The van der Waals surface area contributed by atoms with Gasteiger partial charge in [-0.05, 0) is 62.8 Å². The van der Waals surface area contributed by atoms with Gasteiger partial charge in [0.25, 0.3) is 0 Å². The predicted octanol–water partition coefficient (Wildman–Crippen LogP) is 3.63. The summed E-state index contributed by atoms with van der Waals surface area (Å²) in [6.07, 6.45) is 4.69. The number of benzene rings is 1.